The van der Waals surface area contributed by atoms with Crippen LogP contribution in [-0.2, 0) is 9.53 Å². The highest BCUT2D eigenvalue weighted by Gasteiger charge is 2.65. The molecule has 12 heteroatoms. The van der Waals surface area contributed by atoms with E-state index in [0.717, 1.165) is 12.1 Å². The number of nitrogens with zero attached hydrogens (tertiary/aromatic N) is 2. The van der Waals surface area contributed by atoms with Crippen LogP contribution in [0.25, 0.3) is 0 Å². The van der Waals surface area contributed by atoms with Gasteiger partial charge < -0.3 is 19.9 Å². The summed E-state index contributed by atoms with van der Waals surface area (Å²) in [5, 5.41) is 2.85. The summed E-state index contributed by atoms with van der Waals surface area (Å²) in [6.45, 7) is 1.75. The van der Waals surface area contributed by atoms with E-state index in [1.807, 2.05) is 0 Å². The molecule has 0 unspecified atom stereocenters. The highest BCUT2D eigenvalue weighted by molar-refractivity contribution is 8.45. The van der Waals surface area contributed by atoms with Gasteiger partial charge in [-0.25, -0.2) is 4.79 Å². The predicted octanol–water partition coefficient (Wildman–Crippen LogP) is 4.23. The van der Waals surface area contributed by atoms with Crippen molar-refractivity contribution >= 4 is 22.2 Å². The molecule has 3 aliphatic heterocycles. The number of hydrogen-bond acceptors (Lipinski definition) is 3. The topological polar surface area (TPSA) is 61.9 Å². The van der Waals surface area contributed by atoms with Gasteiger partial charge >= 0.3 is 16.3 Å². The number of carbonyl (C=O) groups is 2. The smallest absolute Gasteiger partial charge is 0.320 e. The third-order valence-electron chi connectivity index (χ3n) is 6.16. The molecule has 4 rings (SSSR count). The Kier molecular flexibility index (Phi) is 4.97. The lowest BCUT2D eigenvalue weighted by molar-refractivity contribution is -0.139. The first kappa shape index (κ1) is 22.1. The number of benzene rings is 1. The molecule has 0 radical (unpaired) electrons. The van der Waals surface area contributed by atoms with Gasteiger partial charge in [0.1, 0.15) is 11.5 Å². The number of halogens is 5. The second kappa shape index (κ2) is 6.96. The van der Waals surface area contributed by atoms with Crippen LogP contribution in [0, 0.1) is 0 Å². The zero-order chi connectivity index (χ0) is 22.5. The van der Waals surface area contributed by atoms with Gasteiger partial charge in [0.2, 0.25) is 5.91 Å². The fourth-order valence-electron chi connectivity index (χ4n) is 4.47. The number of urea groups is 1. The van der Waals surface area contributed by atoms with Gasteiger partial charge in [0.25, 0.3) is 0 Å². The van der Waals surface area contributed by atoms with Gasteiger partial charge in [-0.3, -0.25) is 4.79 Å². The number of likely N-dealkylation sites (tertiary alicyclic amines) is 2. The van der Waals surface area contributed by atoms with Crippen LogP contribution >= 0.6 is 10.2 Å². The molecule has 31 heavy (non-hydrogen) atoms. The van der Waals surface area contributed by atoms with Gasteiger partial charge in [-0.1, -0.05) is 31.6 Å². The van der Waals surface area contributed by atoms with E-state index in [1.165, 1.54) is 0 Å². The minimum absolute atomic E-state index is 0.0335. The van der Waals surface area contributed by atoms with Crippen LogP contribution in [0.5, 0.6) is 0 Å². The van der Waals surface area contributed by atoms with Crippen LogP contribution in [0.4, 0.5) is 24.2 Å². The second-order valence-electron chi connectivity index (χ2n) is 8.34. The van der Waals surface area contributed by atoms with Crippen LogP contribution in [0.2, 0.25) is 0 Å². The largest absolute Gasteiger partial charge is 0.366 e. The van der Waals surface area contributed by atoms with Crippen LogP contribution in [0.15, 0.2) is 29.2 Å². The van der Waals surface area contributed by atoms with Gasteiger partial charge in [-0.05, 0) is 42.9 Å². The second-order valence-corrected chi connectivity index (χ2v) is 10.7. The molecular formula is C19H24F5N3O3S. The highest BCUT2D eigenvalue weighted by atomic mass is 32.5. The van der Waals surface area contributed by atoms with E-state index >= 15 is 0 Å². The summed E-state index contributed by atoms with van der Waals surface area (Å²) in [6.07, 6.45) is 1.59. The maximum atomic E-state index is 12.9. The molecule has 1 N–H and O–H groups in total. The maximum absolute atomic E-state index is 12.9. The first-order valence-electron chi connectivity index (χ1n) is 10.1. The van der Waals surface area contributed by atoms with Crippen LogP contribution < -0.4 is 5.32 Å². The van der Waals surface area contributed by atoms with E-state index in [1.54, 1.807) is 9.80 Å². The van der Waals surface area contributed by atoms with Crippen molar-refractivity contribution in [2.24, 2.45) is 0 Å². The Balaban J connectivity index is 1.33. The van der Waals surface area contributed by atoms with Crippen molar-refractivity contribution in [3.8, 4) is 0 Å². The molecule has 1 aromatic carbocycles. The van der Waals surface area contributed by atoms with Crippen molar-refractivity contribution in [2.45, 2.75) is 42.2 Å². The molecule has 6 nitrogen and oxygen atoms in total. The molecule has 0 bridgehead atoms. The van der Waals surface area contributed by atoms with Gasteiger partial charge in [0.15, 0.2) is 0 Å². The maximum Gasteiger partial charge on any atom is 0.320 e. The minimum atomic E-state index is -9.67. The Labute approximate surface area is 176 Å². The van der Waals surface area contributed by atoms with Crippen LogP contribution in [-0.4, -0.2) is 66.7 Å². The van der Waals surface area contributed by atoms with Crippen LogP contribution in [0.1, 0.15) is 30.7 Å². The summed E-state index contributed by atoms with van der Waals surface area (Å²) in [5.74, 6) is -0.305. The minimum Gasteiger partial charge on any atom is -0.366 e. The molecule has 2 atom stereocenters. The van der Waals surface area contributed by atoms with Crippen molar-refractivity contribution in [2.75, 3.05) is 32.8 Å². The zero-order valence-corrected chi connectivity index (χ0v) is 17.4. The SMILES string of the molecule is O=C1CO[C@H]2CCN(C(=O)N3CCC(c4ccc(S(F)(F)(F)(F)F)cc4)CC3)C[C@H]2N1. The Bertz CT molecular complexity index is 873. The number of ether oxygens (including phenoxy) is 1. The molecule has 0 spiro atoms. The van der Waals surface area contributed by atoms with E-state index in [-0.39, 0.29) is 36.6 Å². The van der Waals surface area contributed by atoms with E-state index in [0.29, 0.717) is 63.1 Å². The lowest BCUT2D eigenvalue weighted by Gasteiger charge is -2.43. The monoisotopic (exact) mass is 469 g/mol. The summed E-state index contributed by atoms with van der Waals surface area (Å²) in [4.78, 5) is 25.9. The molecule has 3 aliphatic rings. The van der Waals surface area contributed by atoms with Gasteiger partial charge in [-0.2, -0.15) is 0 Å². The summed E-state index contributed by atoms with van der Waals surface area (Å²) >= 11 is 0. The number of piperidine rings is 2. The molecular weight excluding hydrogens is 445 g/mol. The first-order valence-corrected chi connectivity index (χ1v) is 12.0. The summed E-state index contributed by atoms with van der Waals surface area (Å²) < 4.78 is 69.9. The quantitative estimate of drug-likeness (QED) is 0.660. The molecule has 3 fully saturated rings. The van der Waals surface area contributed by atoms with Crippen LogP contribution in [0.3, 0.4) is 0 Å². The van der Waals surface area contributed by atoms with Gasteiger partial charge in [0, 0.05) is 26.2 Å². The van der Waals surface area contributed by atoms with Crippen molar-refractivity contribution < 1.29 is 33.8 Å². The number of hydrogen-bond donors (Lipinski definition) is 1. The molecule has 0 aliphatic carbocycles. The summed E-state index contributed by atoms with van der Waals surface area (Å²) in [6, 6.07) is 2.72. The fraction of sp³-hybridized carbons (Fsp3) is 0.579. The number of rotatable bonds is 2. The normalized spacial score (nSPS) is 27.7. The number of carbonyl (C=O) groups excluding carboxylic acids is 2. The Morgan fingerprint density at radius 1 is 0.968 bits per heavy atom. The van der Waals surface area contributed by atoms with Gasteiger partial charge in [0.05, 0.1) is 12.1 Å². The first-order chi connectivity index (χ1) is 14.3. The van der Waals surface area contributed by atoms with Crippen molar-refractivity contribution in [1.29, 1.82) is 0 Å². The molecule has 3 heterocycles. The highest BCUT2D eigenvalue weighted by Crippen LogP contribution is 3.02. The predicted molar refractivity (Wildman–Crippen MR) is 105 cm³/mol. The standard InChI is InChI=1S/C19H24F5N3O3S/c20-31(21,22,23,24)15-3-1-13(2-4-15)14-5-8-26(9-6-14)19(29)27-10-7-17-16(11-27)25-18(28)12-30-17/h1-4,14,16-17H,5-12H2,(H,25,28)/t16-,17+/m1/s1. The third kappa shape index (κ3) is 4.89. The average molecular weight is 469 g/mol. The molecule has 0 saturated carbocycles. The van der Waals surface area contributed by atoms with E-state index in [4.69, 9.17) is 4.74 Å². The van der Waals surface area contributed by atoms with Crippen molar-refractivity contribution in [3.63, 3.8) is 0 Å². The number of morpholine rings is 1. The summed E-state index contributed by atoms with van der Waals surface area (Å²) in [7, 11) is -9.67. The van der Waals surface area contributed by atoms with E-state index in [9.17, 15) is 29.0 Å². The molecule has 3 saturated heterocycles. The Hall–Kier alpha value is -2.08. The summed E-state index contributed by atoms with van der Waals surface area (Å²) in [5.41, 5.74) is 0.556. The third-order valence-corrected chi connectivity index (χ3v) is 7.32. The lowest BCUT2D eigenvalue weighted by Crippen LogP contribution is -2.62. The van der Waals surface area contributed by atoms with Crippen molar-refractivity contribution in [1.82, 2.24) is 15.1 Å². The number of nitrogens with one attached hydrogen (secondary N) is 1. The van der Waals surface area contributed by atoms with Gasteiger partial charge in [-0.15, -0.1) is 0 Å². The van der Waals surface area contributed by atoms with E-state index in [2.05, 4.69) is 5.32 Å². The number of amides is 3. The zero-order valence-electron chi connectivity index (χ0n) is 16.6. The molecule has 174 valence electrons. The fourth-order valence-corrected chi connectivity index (χ4v) is 5.13. The number of fused-ring (bicyclic) bond motifs is 1. The molecule has 0 aromatic heterocycles. The molecule has 1 aromatic rings. The average Bonchev–Trinajstić information content (AvgIpc) is 2.71. The van der Waals surface area contributed by atoms with E-state index < -0.39 is 15.1 Å². The van der Waals surface area contributed by atoms with Crippen molar-refractivity contribution in [3.05, 3.63) is 29.8 Å². The Morgan fingerprint density at radius 3 is 2.19 bits per heavy atom. The lowest BCUT2D eigenvalue weighted by atomic mass is 9.89. The molecule has 3 amide bonds. The Morgan fingerprint density at radius 2 is 1.58 bits per heavy atom.